The van der Waals surface area contributed by atoms with E-state index in [1.165, 1.54) is 5.56 Å². The Kier molecular flexibility index (Phi) is 7.02. The summed E-state index contributed by atoms with van der Waals surface area (Å²) in [6.07, 6.45) is 3.20. The number of aryl methyl sites for hydroxylation is 2. The van der Waals surface area contributed by atoms with Crippen LogP contribution in [-0.2, 0) is 23.0 Å². The lowest BCUT2D eigenvalue weighted by atomic mass is 10.0. The third kappa shape index (κ3) is 5.43. The quantitative estimate of drug-likeness (QED) is 0.449. The van der Waals surface area contributed by atoms with E-state index in [4.69, 9.17) is 0 Å². The summed E-state index contributed by atoms with van der Waals surface area (Å²) >= 11 is 0. The lowest BCUT2D eigenvalue weighted by Crippen LogP contribution is -2.39. The van der Waals surface area contributed by atoms with Gasteiger partial charge in [-0.3, -0.25) is 0 Å². The molecule has 0 heterocycles. The van der Waals surface area contributed by atoms with E-state index in [1.54, 1.807) is 22.5 Å². The van der Waals surface area contributed by atoms with Crippen LogP contribution >= 0.6 is 0 Å². The molecule has 3 aromatic rings. The summed E-state index contributed by atoms with van der Waals surface area (Å²) in [5, 5.41) is 0. The minimum atomic E-state index is -3.67. The van der Waals surface area contributed by atoms with Crippen LogP contribution in [0.25, 0.3) is 0 Å². The predicted octanol–water partition coefficient (Wildman–Crippen LogP) is 5.37. The van der Waals surface area contributed by atoms with Crippen molar-refractivity contribution in [3.8, 4) is 0 Å². The highest BCUT2D eigenvalue weighted by atomic mass is 32.2. The van der Waals surface area contributed by atoms with Gasteiger partial charge in [0.25, 0.3) is 0 Å². The van der Waals surface area contributed by atoms with Crippen LogP contribution in [-0.4, -0.2) is 18.8 Å². The summed E-state index contributed by atoms with van der Waals surface area (Å²) < 4.78 is 28.6. The molecular formula is C25H27NO2S. The molecule has 3 rings (SSSR count). The number of sulfonamides is 1. The first-order valence-electron chi connectivity index (χ1n) is 9.79. The highest BCUT2D eigenvalue weighted by Gasteiger charge is 2.30. The zero-order valence-corrected chi connectivity index (χ0v) is 17.6. The topological polar surface area (TPSA) is 37.4 Å². The number of rotatable bonds is 9. The first kappa shape index (κ1) is 21.0. The maximum Gasteiger partial charge on any atom is 0.243 e. The molecule has 0 N–H and O–H groups in total. The van der Waals surface area contributed by atoms with Crippen molar-refractivity contribution in [2.45, 2.75) is 37.2 Å². The van der Waals surface area contributed by atoms with E-state index in [1.807, 2.05) is 67.6 Å². The Bertz CT molecular complexity index is 1010. The predicted molar refractivity (Wildman–Crippen MR) is 119 cm³/mol. The Morgan fingerprint density at radius 2 is 1.41 bits per heavy atom. The van der Waals surface area contributed by atoms with Crippen molar-refractivity contribution >= 4 is 10.0 Å². The van der Waals surface area contributed by atoms with Crippen molar-refractivity contribution in [2.75, 3.05) is 0 Å². The van der Waals surface area contributed by atoms with E-state index < -0.39 is 10.0 Å². The van der Waals surface area contributed by atoms with Crippen LogP contribution in [0.3, 0.4) is 0 Å². The van der Waals surface area contributed by atoms with Crippen LogP contribution in [0.15, 0.2) is 102 Å². The zero-order chi connectivity index (χ0) is 20.7. The van der Waals surface area contributed by atoms with Crippen LogP contribution in [0.4, 0.5) is 0 Å². The minimum absolute atomic E-state index is 0.304. The summed E-state index contributed by atoms with van der Waals surface area (Å²) in [6.45, 7) is 6.21. The fourth-order valence-electron chi connectivity index (χ4n) is 3.33. The van der Waals surface area contributed by atoms with Gasteiger partial charge < -0.3 is 0 Å². The molecule has 0 unspecified atom stereocenters. The fourth-order valence-corrected chi connectivity index (χ4v) is 4.95. The van der Waals surface area contributed by atoms with E-state index in [9.17, 15) is 8.42 Å². The van der Waals surface area contributed by atoms with Crippen LogP contribution < -0.4 is 0 Å². The fraction of sp³-hybridized carbons (Fsp3) is 0.200. The smallest absolute Gasteiger partial charge is 0.207 e. The lowest BCUT2D eigenvalue weighted by Gasteiger charge is -2.29. The van der Waals surface area contributed by atoms with Gasteiger partial charge in [0.1, 0.15) is 0 Å². The number of benzene rings is 3. The lowest BCUT2D eigenvalue weighted by molar-refractivity contribution is 0.341. The summed E-state index contributed by atoms with van der Waals surface area (Å²) in [5.74, 6) is 0. The SMILES string of the molecule is C=C[C@@H](CCc1ccccc1)N(Cc1ccccc1)S(=O)(=O)c1ccc(C)cc1. The average Bonchev–Trinajstić information content (AvgIpc) is 2.75. The molecule has 1 atom stereocenters. The van der Waals surface area contributed by atoms with E-state index in [0.717, 1.165) is 17.5 Å². The molecule has 0 aromatic heterocycles. The molecule has 0 saturated carbocycles. The van der Waals surface area contributed by atoms with E-state index in [2.05, 4.69) is 18.7 Å². The molecule has 29 heavy (non-hydrogen) atoms. The summed E-state index contributed by atoms with van der Waals surface area (Å²) in [5.41, 5.74) is 3.17. The maximum atomic E-state index is 13.5. The number of hydrogen-bond acceptors (Lipinski definition) is 2. The van der Waals surface area contributed by atoms with Gasteiger partial charge in [0, 0.05) is 12.6 Å². The maximum absolute atomic E-state index is 13.5. The molecule has 4 heteroatoms. The molecule has 0 aliphatic rings. The molecule has 0 aliphatic carbocycles. The molecule has 0 radical (unpaired) electrons. The van der Waals surface area contributed by atoms with Gasteiger partial charge in [-0.1, -0.05) is 84.4 Å². The first-order valence-corrected chi connectivity index (χ1v) is 11.2. The van der Waals surface area contributed by atoms with Crippen molar-refractivity contribution < 1.29 is 8.42 Å². The van der Waals surface area contributed by atoms with Gasteiger partial charge in [-0.25, -0.2) is 8.42 Å². The second-order valence-corrected chi connectivity index (χ2v) is 9.07. The van der Waals surface area contributed by atoms with Crippen LogP contribution in [0.2, 0.25) is 0 Å². The van der Waals surface area contributed by atoms with E-state index >= 15 is 0 Å². The average molecular weight is 406 g/mol. The first-order chi connectivity index (χ1) is 14.0. The third-order valence-corrected chi connectivity index (χ3v) is 6.91. The van der Waals surface area contributed by atoms with E-state index in [0.29, 0.717) is 17.9 Å². The Morgan fingerprint density at radius 3 is 1.97 bits per heavy atom. The minimum Gasteiger partial charge on any atom is -0.207 e. The van der Waals surface area contributed by atoms with Crippen molar-refractivity contribution in [3.63, 3.8) is 0 Å². The molecule has 3 aromatic carbocycles. The molecule has 0 aliphatic heterocycles. The van der Waals surface area contributed by atoms with Gasteiger partial charge in [0.15, 0.2) is 0 Å². The van der Waals surface area contributed by atoms with Gasteiger partial charge in [0.05, 0.1) is 4.90 Å². The number of nitrogens with zero attached hydrogens (tertiary/aromatic N) is 1. The van der Waals surface area contributed by atoms with Gasteiger partial charge >= 0.3 is 0 Å². The molecule has 0 amide bonds. The molecule has 0 saturated heterocycles. The third-order valence-electron chi connectivity index (χ3n) is 5.02. The summed E-state index contributed by atoms with van der Waals surface area (Å²) in [6, 6.07) is 26.5. The Balaban J connectivity index is 1.92. The van der Waals surface area contributed by atoms with Crippen molar-refractivity contribution in [2.24, 2.45) is 0 Å². The second-order valence-electron chi connectivity index (χ2n) is 7.18. The van der Waals surface area contributed by atoms with Gasteiger partial charge in [-0.05, 0) is 43.0 Å². The normalized spacial score (nSPS) is 12.6. The monoisotopic (exact) mass is 405 g/mol. The Morgan fingerprint density at radius 1 is 0.862 bits per heavy atom. The highest BCUT2D eigenvalue weighted by molar-refractivity contribution is 7.89. The molecule has 3 nitrogen and oxygen atoms in total. The Labute approximate surface area is 174 Å². The van der Waals surface area contributed by atoms with Gasteiger partial charge in [-0.2, -0.15) is 4.31 Å². The largest absolute Gasteiger partial charge is 0.243 e. The van der Waals surface area contributed by atoms with Crippen molar-refractivity contribution in [1.29, 1.82) is 0 Å². The van der Waals surface area contributed by atoms with Crippen LogP contribution in [0, 0.1) is 6.92 Å². The molecule has 150 valence electrons. The van der Waals surface area contributed by atoms with Crippen molar-refractivity contribution in [1.82, 2.24) is 4.31 Å². The van der Waals surface area contributed by atoms with Crippen LogP contribution in [0.5, 0.6) is 0 Å². The second kappa shape index (κ2) is 9.68. The van der Waals surface area contributed by atoms with Gasteiger partial charge in [-0.15, -0.1) is 6.58 Å². The van der Waals surface area contributed by atoms with Crippen LogP contribution in [0.1, 0.15) is 23.1 Å². The van der Waals surface area contributed by atoms with E-state index in [-0.39, 0.29) is 6.04 Å². The zero-order valence-electron chi connectivity index (χ0n) is 16.7. The molecule has 0 spiro atoms. The number of hydrogen-bond donors (Lipinski definition) is 0. The molecule has 0 bridgehead atoms. The van der Waals surface area contributed by atoms with Crippen molar-refractivity contribution in [3.05, 3.63) is 114 Å². The molecule has 0 fully saturated rings. The molecular weight excluding hydrogens is 378 g/mol. The highest BCUT2D eigenvalue weighted by Crippen LogP contribution is 2.24. The summed E-state index contributed by atoms with van der Waals surface area (Å²) in [7, 11) is -3.67. The van der Waals surface area contributed by atoms with Gasteiger partial charge in [0.2, 0.25) is 10.0 Å². The standard InChI is InChI=1S/C25H27NO2S/c1-3-24(17-16-22-10-6-4-7-11-22)26(20-23-12-8-5-9-13-23)29(27,28)25-18-14-21(2)15-19-25/h3-15,18-19,24H,1,16-17,20H2,2H3/t24-/m0/s1. The Hall–Kier alpha value is -2.69. The summed E-state index contributed by atoms with van der Waals surface area (Å²) in [4.78, 5) is 0.311.